The highest BCUT2D eigenvalue weighted by molar-refractivity contribution is 6.50. The zero-order valence-corrected chi connectivity index (χ0v) is 7.08. The molecule has 0 saturated heterocycles. The first-order chi connectivity index (χ1) is 4.56. The van der Waals surface area contributed by atoms with Crippen LogP contribution >= 0.6 is 23.2 Å². The maximum Gasteiger partial charge on any atom is 0.305 e. The molecule has 1 atom stereocenters. The number of hydrogen-bond donors (Lipinski definition) is 0. The number of esters is 1. The molecule has 0 aromatic heterocycles. The van der Waals surface area contributed by atoms with Crippen molar-refractivity contribution >= 4 is 29.2 Å². The highest BCUT2D eigenvalue weighted by Crippen LogP contribution is 2.54. The van der Waals surface area contributed by atoms with Crippen LogP contribution in [-0.2, 0) is 9.53 Å². The predicted molar refractivity (Wildman–Crippen MR) is 39.2 cm³/mol. The number of rotatable bonds is 2. The van der Waals surface area contributed by atoms with Crippen molar-refractivity contribution in [1.82, 2.24) is 0 Å². The van der Waals surface area contributed by atoms with Crippen LogP contribution in [-0.4, -0.2) is 17.4 Å². The van der Waals surface area contributed by atoms with E-state index in [1.165, 1.54) is 7.11 Å². The van der Waals surface area contributed by atoms with E-state index in [-0.39, 0.29) is 11.9 Å². The highest BCUT2D eigenvalue weighted by atomic mass is 35.5. The summed E-state index contributed by atoms with van der Waals surface area (Å²) in [6.07, 6.45) is 1.04. The van der Waals surface area contributed by atoms with E-state index >= 15 is 0 Å². The Kier molecular flexibility index (Phi) is 2.11. The quantitative estimate of drug-likeness (QED) is 0.481. The van der Waals surface area contributed by atoms with Crippen molar-refractivity contribution in [3.8, 4) is 0 Å². The van der Waals surface area contributed by atoms with Crippen LogP contribution in [0.1, 0.15) is 12.8 Å². The summed E-state index contributed by atoms with van der Waals surface area (Å²) in [5.74, 6) is -0.142. The third kappa shape index (κ3) is 1.77. The Balaban J connectivity index is 2.24. The summed E-state index contributed by atoms with van der Waals surface area (Å²) in [5.41, 5.74) is 0. The van der Waals surface area contributed by atoms with Gasteiger partial charge in [-0.3, -0.25) is 4.79 Å². The Morgan fingerprint density at radius 3 is 2.60 bits per heavy atom. The zero-order valence-electron chi connectivity index (χ0n) is 5.56. The van der Waals surface area contributed by atoms with Crippen LogP contribution in [0.25, 0.3) is 0 Å². The number of carbonyl (C=O) groups excluding carboxylic acids is 1. The first-order valence-corrected chi connectivity index (χ1v) is 3.76. The summed E-state index contributed by atoms with van der Waals surface area (Å²) in [6.45, 7) is 0. The molecule has 58 valence electrons. The second-order valence-electron chi connectivity index (χ2n) is 2.44. The third-order valence-corrected chi connectivity index (χ3v) is 2.52. The molecule has 1 saturated carbocycles. The number of carbonyl (C=O) groups is 1. The van der Waals surface area contributed by atoms with Gasteiger partial charge in [0.2, 0.25) is 0 Å². The normalized spacial score (nSPS) is 27.7. The minimum atomic E-state index is -0.659. The molecule has 0 N–H and O–H groups in total. The van der Waals surface area contributed by atoms with Gasteiger partial charge in [0.1, 0.15) is 4.33 Å². The Morgan fingerprint density at radius 2 is 2.30 bits per heavy atom. The topological polar surface area (TPSA) is 26.3 Å². The summed E-state index contributed by atoms with van der Waals surface area (Å²) in [5, 5.41) is 0. The van der Waals surface area contributed by atoms with Gasteiger partial charge in [0.05, 0.1) is 13.5 Å². The fourth-order valence-electron chi connectivity index (χ4n) is 0.776. The molecule has 0 aliphatic heterocycles. The van der Waals surface area contributed by atoms with E-state index in [9.17, 15) is 4.79 Å². The van der Waals surface area contributed by atoms with Crippen molar-refractivity contribution < 1.29 is 9.53 Å². The lowest BCUT2D eigenvalue weighted by Gasteiger charge is -1.97. The SMILES string of the molecule is COC(=O)CC1CC1(Cl)Cl. The van der Waals surface area contributed by atoms with Crippen LogP contribution < -0.4 is 0 Å². The van der Waals surface area contributed by atoms with Crippen molar-refractivity contribution in [2.24, 2.45) is 5.92 Å². The van der Waals surface area contributed by atoms with Crippen LogP contribution in [0.15, 0.2) is 0 Å². The fourth-order valence-corrected chi connectivity index (χ4v) is 1.30. The van der Waals surface area contributed by atoms with Gasteiger partial charge < -0.3 is 4.74 Å². The van der Waals surface area contributed by atoms with Crippen molar-refractivity contribution in [2.75, 3.05) is 7.11 Å². The number of alkyl halides is 2. The molecule has 10 heavy (non-hydrogen) atoms. The molecule has 1 aliphatic rings. The van der Waals surface area contributed by atoms with Gasteiger partial charge in [0.25, 0.3) is 0 Å². The van der Waals surface area contributed by atoms with Gasteiger partial charge in [0, 0.05) is 5.92 Å². The van der Waals surface area contributed by atoms with Gasteiger partial charge in [-0.1, -0.05) is 0 Å². The maximum atomic E-state index is 10.6. The van der Waals surface area contributed by atoms with E-state index in [0.29, 0.717) is 12.8 Å². The van der Waals surface area contributed by atoms with Gasteiger partial charge in [-0.2, -0.15) is 0 Å². The summed E-state index contributed by atoms with van der Waals surface area (Å²) in [7, 11) is 1.36. The standard InChI is InChI=1S/C6H8Cl2O2/c1-10-5(9)2-4-3-6(4,7)8/h4H,2-3H2,1H3. The highest BCUT2D eigenvalue weighted by Gasteiger charge is 2.52. The molecule has 0 amide bonds. The second-order valence-corrected chi connectivity index (χ2v) is 3.98. The van der Waals surface area contributed by atoms with E-state index in [1.54, 1.807) is 0 Å². The largest absolute Gasteiger partial charge is 0.469 e. The minimum absolute atomic E-state index is 0.100. The molecular weight excluding hydrogens is 175 g/mol. The summed E-state index contributed by atoms with van der Waals surface area (Å²) in [6, 6.07) is 0. The van der Waals surface area contributed by atoms with Crippen LogP contribution in [0, 0.1) is 5.92 Å². The smallest absolute Gasteiger partial charge is 0.305 e. The molecule has 4 heteroatoms. The molecule has 1 fully saturated rings. The molecule has 0 radical (unpaired) electrons. The monoisotopic (exact) mass is 182 g/mol. The number of methoxy groups -OCH3 is 1. The van der Waals surface area contributed by atoms with Crippen molar-refractivity contribution in [3.63, 3.8) is 0 Å². The molecule has 0 aromatic carbocycles. The number of ether oxygens (including phenoxy) is 1. The van der Waals surface area contributed by atoms with Gasteiger partial charge in [-0.05, 0) is 6.42 Å². The fraction of sp³-hybridized carbons (Fsp3) is 0.833. The molecule has 0 spiro atoms. The summed E-state index contributed by atoms with van der Waals surface area (Å²) in [4.78, 5) is 10.6. The molecule has 1 unspecified atom stereocenters. The Labute approximate surface area is 69.4 Å². The first-order valence-electron chi connectivity index (χ1n) is 3.01. The first kappa shape index (κ1) is 8.15. The second kappa shape index (κ2) is 2.59. The van der Waals surface area contributed by atoms with E-state index < -0.39 is 4.33 Å². The van der Waals surface area contributed by atoms with Gasteiger partial charge in [-0.25, -0.2) is 0 Å². The number of halogens is 2. The molecule has 0 bridgehead atoms. The Morgan fingerprint density at radius 1 is 1.80 bits per heavy atom. The number of hydrogen-bond acceptors (Lipinski definition) is 2. The van der Waals surface area contributed by atoms with E-state index in [4.69, 9.17) is 23.2 Å². The lowest BCUT2D eigenvalue weighted by atomic mass is 10.3. The predicted octanol–water partition coefficient (Wildman–Crippen LogP) is 1.74. The molecular formula is C6H8Cl2O2. The van der Waals surface area contributed by atoms with E-state index in [1.807, 2.05) is 0 Å². The van der Waals surface area contributed by atoms with Gasteiger partial charge in [-0.15, -0.1) is 23.2 Å². The van der Waals surface area contributed by atoms with Crippen LogP contribution in [0.4, 0.5) is 0 Å². The molecule has 0 heterocycles. The van der Waals surface area contributed by atoms with Crippen LogP contribution in [0.2, 0.25) is 0 Å². The van der Waals surface area contributed by atoms with Crippen molar-refractivity contribution in [3.05, 3.63) is 0 Å². The van der Waals surface area contributed by atoms with Gasteiger partial charge >= 0.3 is 5.97 Å². The Bertz CT molecular complexity index is 156. The zero-order chi connectivity index (χ0) is 7.78. The van der Waals surface area contributed by atoms with Crippen molar-refractivity contribution in [1.29, 1.82) is 0 Å². The molecule has 0 aromatic rings. The average Bonchev–Trinajstić information content (AvgIpc) is 2.40. The molecule has 1 aliphatic carbocycles. The molecule has 2 nitrogen and oxygen atoms in total. The lowest BCUT2D eigenvalue weighted by molar-refractivity contribution is -0.141. The average molecular weight is 183 g/mol. The van der Waals surface area contributed by atoms with Crippen molar-refractivity contribution in [2.45, 2.75) is 17.2 Å². The maximum absolute atomic E-state index is 10.6. The van der Waals surface area contributed by atoms with Gasteiger partial charge in [0.15, 0.2) is 0 Å². The Hall–Kier alpha value is 0.0500. The summed E-state index contributed by atoms with van der Waals surface area (Å²) < 4.78 is 3.78. The lowest BCUT2D eigenvalue weighted by Crippen LogP contribution is -2.03. The van der Waals surface area contributed by atoms with Crippen LogP contribution in [0.3, 0.4) is 0 Å². The molecule has 1 rings (SSSR count). The van der Waals surface area contributed by atoms with E-state index in [0.717, 1.165) is 0 Å². The summed E-state index contributed by atoms with van der Waals surface area (Å²) >= 11 is 11.3. The van der Waals surface area contributed by atoms with E-state index in [2.05, 4.69) is 4.74 Å². The third-order valence-electron chi connectivity index (χ3n) is 1.60. The van der Waals surface area contributed by atoms with Crippen LogP contribution in [0.5, 0.6) is 0 Å². The minimum Gasteiger partial charge on any atom is -0.469 e.